The fourth-order valence-corrected chi connectivity index (χ4v) is 6.65. The molecule has 42 heavy (non-hydrogen) atoms. The number of hydrogen-bond donors (Lipinski definition) is 1. The number of benzene rings is 3. The number of amides is 2. The quantitative estimate of drug-likeness (QED) is 0.201. The van der Waals surface area contributed by atoms with Gasteiger partial charge < -0.3 is 15.0 Å². The Hall–Kier alpha value is -3.08. The molecule has 0 bridgehead atoms. The Morgan fingerprint density at radius 1 is 1.02 bits per heavy atom. The summed E-state index contributed by atoms with van der Waals surface area (Å²) < 4.78 is 34.9. The van der Waals surface area contributed by atoms with Crippen molar-refractivity contribution in [2.75, 3.05) is 24.5 Å². The number of sulfonamides is 1. The highest BCUT2D eigenvalue weighted by atomic mass is 79.9. The van der Waals surface area contributed by atoms with Crippen molar-refractivity contribution in [2.24, 2.45) is 0 Å². The van der Waals surface area contributed by atoms with Crippen molar-refractivity contribution in [3.05, 3.63) is 87.4 Å². The van der Waals surface area contributed by atoms with Gasteiger partial charge in [0.1, 0.15) is 18.3 Å². The molecule has 11 heteroatoms. The van der Waals surface area contributed by atoms with Crippen LogP contribution in [-0.2, 0) is 26.2 Å². The summed E-state index contributed by atoms with van der Waals surface area (Å²) in [4.78, 5) is 28.8. The Morgan fingerprint density at radius 2 is 1.69 bits per heavy atom. The molecular formula is C31H37BrClN3O5S. The molecule has 2 amide bonds. The molecule has 0 aliphatic heterocycles. The third kappa shape index (κ3) is 8.49. The monoisotopic (exact) mass is 677 g/mol. The van der Waals surface area contributed by atoms with E-state index < -0.39 is 28.5 Å². The van der Waals surface area contributed by atoms with E-state index in [-0.39, 0.29) is 17.3 Å². The molecule has 0 unspecified atom stereocenters. The Labute approximate surface area is 262 Å². The van der Waals surface area contributed by atoms with Gasteiger partial charge in [0.15, 0.2) is 0 Å². The lowest BCUT2D eigenvalue weighted by atomic mass is 10.1. The number of ether oxygens (including phenoxy) is 1. The summed E-state index contributed by atoms with van der Waals surface area (Å²) in [5.74, 6) is -0.322. The minimum atomic E-state index is -4.21. The van der Waals surface area contributed by atoms with Gasteiger partial charge in [-0.05, 0) is 83.7 Å². The lowest BCUT2D eigenvalue weighted by Crippen LogP contribution is -2.52. The Kier molecular flexibility index (Phi) is 12.3. The molecule has 1 atom stereocenters. The molecule has 0 aliphatic carbocycles. The number of nitrogens with one attached hydrogen (secondary N) is 1. The number of hydrogen-bond acceptors (Lipinski definition) is 5. The predicted octanol–water partition coefficient (Wildman–Crippen LogP) is 6.34. The average Bonchev–Trinajstić information content (AvgIpc) is 2.97. The highest BCUT2D eigenvalue weighted by molar-refractivity contribution is 9.10. The molecule has 3 aromatic rings. The molecule has 3 rings (SSSR count). The average molecular weight is 679 g/mol. The van der Waals surface area contributed by atoms with Crippen molar-refractivity contribution in [3.63, 3.8) is 0 Å². The number of halogens is 2. The van der Waals surface area contributed by atoms with E-state index in [9.17, 15) is 18.0 Å². The molecule has 8 nitrogen and oxygen atoms in total. The van der Waals surface area contributed by atoms with Gasteiger partial charge in [-0.15, -0.1) is 0 Å². The van der Waals surface area contributed by atoms with Crippen LogP contribution in [-0.4, -0.2) is 51.4 Å². The van der Waals surface area contributed by atoms with Gasteiger partial charge in [0.05, 0.1) is 22.2 Å². The van der Waals surface area contributed by atoms with Gasteiger partial charge in [-0.1, -0.05) is 61.7 Å². The maximum Gasteiger partial charge on any atom is 0.264 e. The summed E-state index contributed by atoms with van der Waals surface area (Å²) in [6.07, 6.45) is 2.07. The van der Waals surface area contributed by atoms with Crippen LogP contribution in [0.15, 0.2) is 76.1 Å². The van der Waals surface area contributed by atoms with Gasteiger partial charge in [-0.3, -0.25) is 13.9 Å². The van der Waals surface area contributed by atoms with E-state index in [0.717, 1.165) is 28.3 Å². The summed E-state index contributed by atoms with van der Waals surface area (Å²) in [5, 5.41) is 3.47. The van der Waals surface area contributed by atoms with Gasteiger partial charge in [0.25, 0.3) is 10.0 Å². The molecule has 0 aromatic heterocycles. The lowest BCUT2D eigenvalue weighted by Gasteiger charge is -2.33. The number of rotatable bonds is 14. The van der Waals surface area contributed by atoms with Crippen molar-refractivity contribution >= 4 is 55.1 Å². The summed E-state index contributed by atoms with van der Waals surface area (Å²) in [7, 11) is -2.72. The maximum absolute atomic E-state index is 14.1. The molecule has 0 saturated carbocycles. The highest BCUT2D eigenvalue weighted by Crippen LogP contribution is 2.31. The van der Waals surface area contributed by atoms with Crippen LogP contribution in [0.1, 0.15) is 44.2 Å². The van der Waals surface area contributed by atoms with E-state index in [1.807, 2.05) is 20.8 Å². The minimum absolute atomic E-state index is 0.0165. The van der Waals surface area contributed by atoms with Gasteiger partial charge in [0, 0.05) is 18.1 Å². The van der Waals surface area contributed by atoms with Crippen molar-refractivity contribution < 1.29 is 22.7 Å². The predicted molar refractivity (Wildman–Crippen MR) is 170 cm³/mol. The van der Waals surface area contributed by atoms with E-state index in [1.54, 1.807) is 54.6 Å². The Balaban J connectivity index is 2.05. The minimum Gasteiger partial charge on any atom is -0.496 e. The van der Waals surface area contributed by atoms with Crippen molar-refractivity contribution in [1.82, 2.24) is 10.2 Å². The molecule has 0 heterocycles. The fourth-order valence-electron chi connectivity index (χ4n) is 4.39. The summed E-state index contributed by atoms with van der Waals surface area (Å²) in [5.41, 5.74) is 2.03. The fraction of sp³-hybridized carbons (Fsp3) is 0.355. The first-order valence-electron chi connectivity index (χ1n) is 13.8. The van der Waals surface area contributed by atoms with Crippen LogP contribution in [0.25, 0.3) is 0 Å². The van der Waals surface area contributed by atoms with E-state index in [2.05, 4.69) is 21.2 Å². The molecule has 0 radical (unpaired) electrons. The van der Waals surface area contributed by atoms with E-state index in [1.165, 1.54) is 24.1 Å². The van der Waals surface area contributed by atoms with Crippen LogP contribution in [0.4, 0.5) is 5.69 Å². The molecule has 0 fully saturated rings. The number of unbranched alkanes of at least 4 members (excludes halogenated alkanes) is 1. The first-order chi connectivity index (χ1) is 20.0. The van der Waals surface area contributed by atoms with Crippen LogP contribution in [0.3, 0.4) is 0 Å². The zero-order chi connectivity index (χ0) is 30.9. The van der Waals surface area contributed by atoms with Crippen LogP contribution in [0, 0.1) is 6.92 Å². The van der Waals surface area contributed by atoms with Gasteiger partial charge in [0.2, 0.25) is 11.8 Å². The third-order valence-corrected chi connectivity index (χ3v) is 9.44. The lowest BCUT2D eigenvalue weighted by molar-refractivity contribution is -0.140. The standard InChI is InChI=1S/C31H37BrClN3O5S/c1-5-7-18-34-31(38)28(6-2)35(20-23-10-12-24(33)13-11-23)30(37)21-36(25-14-8-22(3)9-15-25)42(39,40)26-16-17-29(41-4)27(32)19-26/h8-17,19,28H,5-7,18,20-21H2,1-4H3,(H,34,38)/t28-/m0/s1. The number of nitrogens with zero attached hydrogens (tertiary/aromatic N) is 2. The number of methoxy groups -OCH3 is 1. The molecule has 0 spiro atoms. The first-order valence-corrected chi connectivity index (χ1v) is 16.4. The van der Waals surface area contributed by atoms with Gasteiger partial charge in [-0.25, -0.2) is 8.42 Å². The molecule has 226 valence electrons. The van der Waals surface area contributed by atoms with E-state index in [0.29, 0.717) is 33.9 Å². The number of carbonyl (C=O) groups is 2. The van der Waals surface area contributed by atoms with Crippen LogP contribution in [0.5, 0.6) is 5.75 Å². The SMILES string of the molecule is CCCCNC(=O)[C@H](CC)N(Cc1ccc(Cl)cc1)C(=O)CN(c1ccc(C)cc1)S(=O)(=O)c1ccc(OC)c(Br)c1. The second-order valence-electron chi connectivity index (χ2n) is 9.86. The Morgan fingerprint density at radius 3 is 2.26 bits per heavy atom. The normalized spacial score (nSPS) is 12.0. The van der Waals surface area contributed by atoms with E-state index >= 15 is 0 Å². The maximum atomic E-state index is 14.1. The molecule has 0 saturated heterocycles. The second-order valence-corrected chi connectivity index (χ2v) is 13.0. The summed E-state index contributed by atoms with van der Waals surface area (Å²) in [6.45, 7) is 5.83. The molecular weight excluding hydrogens is 642 g/mol. The molecule has 0 aliphatic rings. The zero-order valence-corrected chi connectivity index (χ0v) is 27.4. The summed E-state index contributed by atoms with van der Waals surface area (Å²) in [6, 6.07) is 17.5. The highest BCUT2D eigenvalue weighted by Gasteiger charge is 2.34. The topological polar surface area (TPSA) is 96.0 Å². The zero-order valence-electron chi connectivity index (χ0n) is 24.3. The number of anilines is 1. The molecule has 1 N–H and O–H groups in total. The van der Waals surface area contributed by atoms with E-state index in [4.69, 9.17) is 16.3 Å². The number of carbonyl (C=O) groups excluding carboxylic acids is 2. The van der Waals surface area contributed by atoms with Crippen LogP contribution >= 0.6 is 27.5 Å². The van der Waals surface area contributed by atoms with Crippen molar-refractivity contribution in [3.8, 4) is 5.75 Å². The smallest absolute Gasteiger partial charge is 0.264 e. The Bertz CT molecular complexity index is 1470. The molecule has 3 aromatic carbocycles. The van der Waals surface area contributed by atoms with Gasteiger partial charge >= 0.3 is 0 Å². The van der Waals surface area contributed by atoms with Crippen LogP contribution < -0.4 is 14.4 Å². The van der Waals surface area contributed by atoms with Crippen molar-refractivity contribution in [2.45, 2.75) is 57.5 Å². The van der Waals surface area contributed by atoms with Crippen LogP contribution in [0.2, 0.25) is 5.02 Å². The third-order valence-electron chi connectivity index (χ3n) is 6.79. The largest absolute Gasteiger partial charge is 0.496 e. The van der Waals surface area contributed by atoms with Gasteiger partial charge in [-0.2, -0.15) is 0 Å². The van der Waals surface area contributed by atoms with Crippen molar-refractivity contribution in [1.29, 1.82) is 0 Å². The summed E-state index contributed by atoms with van der Waals surface area (Å²) >= 11 is 9.44. The second kappa shape index (κ2) is 15.4. The first kappa shape index (κ1) is 33.4. The number of aryl methyl sites for hydroxylation is 1.